The summed E-state index contributed by atoms with van der Waals surface area (Å²) in [5.41, 5.74) is 0.917. The fourth-order valence-electron chi connectivity index (χ4n) is 6.64. The Hall–Kier alpha value is -2.57. The van der Waals surface area contributed by atoms with Crippen molar-refractivity contribution in [3.8, 4) is 0 Å². The van der Waals surface area contributed by atoms with Gasteiger partial charge in [-0.3, -0.25) is 14.4 Å². The molecule has 1 aromatic rings. The predicted molar refractivity (Wildman–Crippen MR) is 120 cm³/mol. The summed E-state index contributed by atoms with van der Waals surface area (Å²) in [5.74, 6) is 0.137. The quantitative estimate of drug-likeness (QED) is 0.707. The maximum atomic E-state index is 13.6. The summed E-state index contributed by atoms with van der Waals surface area (Å²) in [6, 6.07) is 7.65. The zero-order valence-electron chi connectivity index (χ0n) is 19.0. The van der Waals surface area contributed by atoms with Gasteiger partial charge in [0.2, 0.25) is 5.91 Å². The predicted octanol–water partition coefficient (Wildman–Crippen LogP) is 3.17. The van der Waals surface area contributed by atoms with Crippen LogP contribution in [0.1, 0.15) is 62.7 Å². The topological polar surface area (TPSA) is 87.7 Å². The van der Waals surface area contributed by atoms with Gasteiger partial charge < -0.3 is 20.3 Å². The summed E-state index contributed by atoms with van der Waals surface area (Å²) >= 11 is 0. The van der Waals surface area contributed by atoms with Gasteiger partial charge in [-0.05, 0) is 63.0 Å². The van der Waals surface area contributed by atoms with Crippen molar-refractivity contribution in [2.75, 3.05) is 25.0 Å². The van der Waals surface area contributed by atoms with Crippen molar-refractivity contribution in [2.24, 2.45) is 23.2 Å². The zero-order chi connectivity index (χ0) is 22.5. The Labute approximate surface area is 189 Å². The lowest BCUT2D eigenvalue weighted by molar-refractivity contribution is -0.156. The lowest BCUT2D eigenvalue weighted by atomic mass is 9.51. The highest BCUT2D eigenvalue weighted by Gasteiger charge is 2.60. The van der Waals surface area contributed by atoms with Gasteiger partial charge in [0.05, 0.1) is 18.1 Å². The molecule has 1 spiro atoms. The number of nitrogens with zero attached hydrogens (tertiary/aromatic N) is 1. The minimum atomic E-state index is -0.480. The van der Waals surface area contributed by atoms with E-state index in [0.29, 0.717) is 38.1 Å². The van der Waals surface area contributed by atoms with Crippen molar-refractivity contribution >= 4 is 23.5 Å². The first kappa shape index (κ1) is 21.3. The van der Waals surface area contributed by atoms with Crippen molar-refractivity contribution < 1.29 is 19.1 Å². The molecular weight excluding hydrogens is 406 g/mol. The minimum Gasteiger partial charge on any atom is -0.466 e. The van der Waals surface area contributed by atoms with Gasteiger partial charge in [-0.15, -0.1) is 0 Å². The van der Waals surface area contributed by atoms with E-state index in [-0.39, 0.29) is 41.0 Å². The molecule has 2 heterocycles. The van der Waals surface area contributed by atoms with Gasteiger partial charge >= 0.3 is 5.97 Å². The van der Waals surface area contributed by atoms with Crippen LogP contribution in [0.5, 0.6) is 0 Å². The minimum absolute atomic E-state index is 0.0283. The summed E-state index contributed by atoms with van der Waals surface area (Å²) in [7, 11) is 0. The number of para-hydroxylation sites is 1. The molecule has 1 saturated heterocycles. The molecular formula is C25H33N3O4. The van der Waals surface area contributed by atoms with Crippen LogP contribution in [0.15, 0.2) is 24.3 Å². The molecule has 4 fully saturated rings. The summed E-state index contributed by atoms with van der Waals surface area (Å²) in [5, 5.41) is 6.95. The Morgan fingerprint density at radius 1 is 1.16 bits per heavy atom. The third-order valence-electron chi connectivity index (χ3n) is 8.40. The van der Waals surface area contributed by atoms with E-state index in [4.69, 9.17) is 4.74 Å². The number of carbonyl (C=O) groups is 3. The number of hydrogen-bond donors (Lipinski definition) is 2. The molecule has 0 aromatic heterocycles. The molecule has 0 unspecified atom stereocenters. The smallest absolute Gasteiger partial charge is 0.309 e. The number of ether oxygens (including phenoxy) is 1. The molecule has 2 bridgehead atoms. The Balaban J connectivity index is 1.30. The lowest BCUT2D eigenvalue weighted by Crippen LogP contribution is -2.70. The molecule has 2 amide bonds. The van der Waals surface area contributed by atoms with E-state index < -0.39 is 5.66 Å². The Bertz CT molecular complexity index is 941. The molecule has 5 aliphatic rings. The van der Waals surface area contributed by atoms with E-state index in [1.807, 2.05) is 36.1 Å². The molecule has 3 saturated carbocycles. The normalized spacial score (nSPS) is 33.9. The average Bonchev–Trinajstić information content (AvgIpc) is 2.78. The number of carbonyl (C=O) groups excluding carboxylic acids is 3. The number of likely N-dealkylation sites (tertiary alicyclic amines) is 1. The first-order chi connectivity index (χ1) is 15.3. The third kappa shape index (κ3) is 3.37. The molecule has 7 nitrogen and oxygen atoms in total. The number of hydrogen-bond acceptors (Lipinski definition) is 5. The SMILES string of the molecule is CCOC(=O)C1CCN(C(=O)[C@H]2C[C@@H]3CC[C@]2(C)C[C@]32NC(=O)c3ccccc3N2)CC1. The van der Waals surface area contributed by atoms with Crippen LogP contribution in [-0.4, -0.2) is 48.0 Å². The van der Waals surface area contributed by atoms with E-state index in [0.717, 1.165) is 31.4 Å². The molecule has 172 valence electrons. The van der Waals surface area contributed by atoms with Gasteiger partial charge in [0.1, 0.15) is 5.66 Å². The van der Waals surface area contributed by atoms with Gasteiger partial charge in [0.25, 0.3) is 5.91 Å². The van der Waals surface area contributed by atoms with E-state index in [9.17, 15) is 14.4 Å². The molecule has 1 aromatic carbocycles. The molecule has 4 atom stereocenters. The fraction of sp³-hybridized carbons (Fsp3) is 0.640. The Kier molecular flexibility index (Phi) is 5.18. The van der Waals surface area contributed by atoms with Crippen molar-refractivity contribution in [1.82, 2.24) is 10.2 Å². The molecule has 2 aliphatic heterocycles. The van der Waals surface area contributed by atoms with Crippen LogP contribution in [0.3, 0.4) is 0 Å². The number of fused-ring (bicyclic) bond motifs is 3. The molecule has 0 radical (unpaired) electrons. The van der Waals surface area contributed by atoms with E-state index in [2.05, 4.69) is 17.6 Å². The second-order valence-corrected chi connectivity index (χ2v) is 10.3. The number of amides is 2. The Morgan fingerprint density at radius 3 is 2.62 bits per heavy atom. The van der Waals surface area contributed by atoms with Gasteiger partial charge in [-0.2, -0.15) is 0 Å². The standard InChI is InChI=1S/C25H33N3O4/c1-3-32-23(31)16-9-12-28(13-10-16)22(30)19-14-17-8-11-24(19,2)15-25(17)26-20-7-5-4-6-18(20)21(29)27-25/h4-7,16-17,19,26H,3,8-15H2,1-2H3,(H,27,29)/t17-,19+,24+,25-/m0/s1. The number of nitrogens with one attached hydrogen (secondary N) is 2. The molecule has 2 N–H and O–H groups in total. The van der Waals surface area contributed by atoms with E-state index >= 15 is 0 Å². The maximum Gasteiger partial charge on any atom is 0.309 e. The highest BCUT2D eigenvalue weighted by atomic mass is 16.5. The average molecular weight is 440 g/mol. The third-order valence-corrected chi connectivity index (χ3v) is 8.40. The highest BCUT2D eigenvalue weighted by molar-refractivity contribution is 6.02. The van der Waals surface area contributed by atoms with Gasteiger partial charge in [0, 0.05) is 30.6 Å². The number of esters is 1. The van der Waals surface area contributed by atoms with Crippen molar-refractivity contribution in [3.63, 3.8) is 0 Å². The van der Waals surface area contributed by atoms with Crippen molar-refractivity contribution in [3.05, 3.63) is 29.8 Å². The monoisotopic (exact) mass is 439 g/mol. The lowest BCUT2D eigenvalue weighted by Gasteiger charge is -2.61. The summed E-state index contributed by atoms with van der Waals surface area (Å²) in [4.78, 5) is 40.5. The second kappa shape index (κ2) is 7.78. The summed E-state index contributed by atoms with van der Waals surface area (Å²) in [6.07, 6.45) is 4.88. The Morgan fingerprint density at radius 2 is 1.91 bits per heavy atom. The molecule has 7 heteroatoms. The fourth-order valence-corrected chi connectivity index (χ4v) is 6.64. The van der Waals surface area contributed by atoms with E-state index in [1.54, 1.807) is 0 Å². The van der Waals surface area contributed by atoms with Crippen molar-refractivity contribution in [2.45, 2.75) is 58.0 Å². The molecule has 3 aliphatic carbocycles. The molecule has 6 rings (SSSR count). The second-order valence-electron chi connectivity index (χ2n) is 10.3. The van der Waals surface area contributed by atoms with Gasteiger partial charge in [0.15, 0.2) is 0 Å². The van der Waals surface area contributed by atoms with Gasteiger partial charge in [-0.1, -0.05) is 19.1 Å². The number of benzene rings is 1. The molecule has 32 heavy (non-hydrogen) atoms. The number of anilines is 1. The number of rotatable bonds is 3. The van der Waals surface area contributed by atoms with Crippen LogP contribution in [0.25, 0.3) is 0 Å². The summed E-state index contributed by atoms with van der Waals surface area (Å²) < 4.78 is 5.16. The van der Waals surface area contributed by atoms with Crippen LogP contribution < -0.4 is 10.6 Å². The largest absolute Gasteiger partial charge is 0.466 e. The van der Waals surface area contributed by atoms with Crippen molar-refractivity contribution in [1.29, 1.82) is 0 Å². The number of piperidine rings is 1. The van der Waals surface area contributed by atoms with E-state index in [1.165, 1.54) is 0 Å². The zero-order valence-corrected chi connectivity index (χ0v) is 19.0. The first-order valence-electron chi connectivity index (χ1n) is 12.0. The van der Waals surface area contributed by atoms with Crippen LogP contribution >= 0.6 is 0 Å². The highest BCUT2D eigenvalue weighted by Crippen LogP contribution is 2.58. The van der Waals surface area contributed by atoms with Crippen LogP contribution in [0.4, 0.5) is 5.69 Å². The van der Waals surface area contributed by atoms with Crippen LogP contribution in [0.2, 0.25) is 0 Å². The van der Waals surface area contributed by atoms with Gasteiger partial charge in [-0.25, -0.2) is 0 Å². The summed E-state index contributed by atoms with van der Waals surface area (Å²) in [6.45, 7) is 5.67. The maximum absolute atomic E-state index is 13.6. The first-order valence-corrected chi connectivity index (χ1v) is 12.0. The van der Waals surface area contributed by atoms with Crippen LogP contribution in [-0.2, 0) is 14.3 Å². The van der Waals surface area contributed by atoms with Crippen LogP contribution in [0, 0.1) is 23.2 Å².